The molecule has 3 amide bonds. The van der Waals surface area contributed by atoms with Gasteiger partial charge in [-0.05, 0) is 61.3 Å². The molecule has 0 bridgehead atoms. The third-order valence-electron chi connectivity index (χ3n) is 5.44. The molecule has 2 heterocycles. The number of carbonyl (C=O) groups excluding carboxylic acids is 2. The Bertz CT molecular complexity index is 880. The zero-order valence-electron chi connectivity index (χ0n) is 15.3. The van der Waals surface area contributed by atoms with E-state index in [4.69, 9.17) is 23.2 Å². The molecule has 2 aliphatic rings. The molecule has 1 N–H and O–H groups in total. The van der Waals surface area contributed by atoms with Crippen molar-refractivity contribution in [2.75, 3.05) is 19.8 Å². The Hall–Kier alpha value is -2.08. The molecule has 2 fully saturated rings. The molecule has 2 aromatic carbocycles. The highest BCUT2D eigenvalue weighted by molar-refractivity contribution is 6.30. The number of benzene rings is 2. The largest absolute Gasteiger partial charge is 0.326 e. The van der Waals surface area contributed by atoms with E-state index in [1.807, 2.05) is 12.1 Å². The van der Waals surface area contributed by atoms with Gasteiger partial charge in [0, 0.05) is 16.5 Å². The topological polar surface area (TPSA) is 52.7 Å². The normalized spacial score (nSPS) is 22.7. The molecule has 0 spiro atoms. The predicted octanol–water partition coefficient (Wildman–Crippen LogP) is 4.04. The number of rotatable bonds is 5. The molecule has 28 heavy (non-hydrogen) atoms. The number of hydrogen-bond donors (Lipinski definition) is 1. The summed E-state index contributed by atoms with van der Waals surface area (Å²) in [5, 5.41) is 4.18. The molecule has 0 aromatic heterocycles. The van der Waals surface area contributed by atoms with E-state index in [-0.39, 0.29) is 11.9 Å². The fourth-order valence-electron chi connectivity index (χ4n) is 3.94. The van der Waals surface area contributed by atoms with Crippen molar-refractivity contribution < 1.29 is 9.59 Å². The molecule has 2 aliphatic heterocycles. The summed E-state index contributed by atoms with van der Waals surface area (Å²) in [4.78, 5) is 29.8. The van der Waals surface area contributed by atoms with E-state index in [2.05, 4.69) is 10.2 Å². The lowest BCUT2D eigenvalue weighted by atomic mass is 9.83. The van der Waals surface area contributed by atoms with Gasteiger partial charge in [0.1, 0.15) is 0 Å². The standard InChI is InChI=1S/C21H21Cl2N3O2/c22-17-7-3-15(4-8-17)13-21(16-5-9-18(23)10-6-16)19(27)26(20(28)24-21)14-25-11-1-2-12-25/h3-10H,1-2,11-14H2,(H,24,28). The number of urea groups is 1. The van der Waals surface area contributed by atoms with Crippen molar-refractivity contribution in [3.63, 3.8) is 0 Å². The lowest BCUT2D eigenvalue weighted by Gasteiger charge is -2.28. The van der Waals surface area contributed by atoms with E-state index < -0.39 is 5.54 Å². The van der Waals surface area contributed by atoms with Crippen LogP contribution in [0.2, 0.25) is 10.0 Å². The lowest BCUT2D eigenvalue weighted by Crippen LogP contribution is -2.47. The highest BCUT2D eigenvalue weighted by atomic mass is 35.5. The van der Waals surface area contributed by atoms with Crippen LogP contribution in [0.3, 0.4) is 0 Å². The zero-order valence-corrected chi connectivity index (χ0v) is 16.8. The monoisotopic (exact) mass is 417 g/mol. The number of nitrogens with one attached hydrogen (secondary N) is 1. The minimum Gasteiger partial charge on any atom is -0.319 e. The average Bonchev–Trinajstić information content (AvgIpc) is 3.27. The maximum atomic E-state index is 13.5. The van der Waals surface area contributed by atoms with Crippen molar-refractivity contribution in [2.24, 2.45) is 0 Å². The number of carbonyl (C=O) groups is 2. The molecule has 2 saturated heterocycles. The molecule has 0 radical (unpaired) electrons. The summed E-state index contributed by atoms with van der Waals surface area (Å²) < 4.78 is 0. The Balaban J connectivity index is 1.70. The lowest BCUT2D eigenvalue weighted by molar-refractivity contribution is -0.133. The van der Waals surface area contributed by atoms with Crippen molar-refractivity contribution in [3.8, 4) is 0 Å². The van der Waals surface area contributed by atoms with Crippen LogP contribution in [0, 0.1) is 0 Å². The second-order valence-electron chi connectivity index (χ2n) is 7.35. The summed E-state index contributed by atoms with van der Waals surface area (Å²) in [5.41, 5.74) is 0.472. The van der Waals surface area contributed by atoms with E-state index in [1.54, 1.807) is 36.4 Å². The van der Waals surface area contributed by atoms with Gasteiger partial charge < -0.3 is 5.32 Å². The van der Waals surface area contributed by atoms with Crippen LogP contribution < -0.4 is 5.32 Å². The van der Waals surface area contributed by atoms with E-state index >= 15 is 0 Å². The SMILES string of the molecule is O=C1NC(Cc2ccc(Cl)cc2)(c2ccc(Cl)cc2)C(=O)N1CN1CCCC1. The van der Waals surface area contributed by atoms with Crippen molar-refractivity contribution in [1.29, 1.82) is 0 Å². The van der Waals surface area contributed by atoms with Gasteiger partial charge >= 0.3 is 6.03 Å². The van der Waals surface area contributed by atoms with Crippen LogP contribution in [0.25, 0.3) is 0 Å². The predicted molar refractivity (Wildman–Crippen MR) is 109 cm³/mol. The Morgan fingerprint density at radius 3 is 2.07 bits per heavy atom. The minimum atomic E-state index is -1.16. The zero-order chi connectivity index (χ0) is 19.7. The first-order chi connectivity index (χ1) is 13.5. The molecule has 0 saturated carbocycles. The molecule has 146 valence electrons. The van der Waals surface area contributed by atoms with E-state index in [9.17, 15) is 9.59 Å². The number of nitrogens with zero attached hydrogens (tertiary/aromatic N) is 2. The summed E-state index contributed by atoms with van der Waals surface area (Å²) in [6, 6.07) is 14.1. The number of likely N-dealkylation sites (tertiary alicyclic amines) is 1. The van der Waals surface area contributed by atoms with Gasteiger partial charge in [-0.15, -0.1) is 0 Å². The molecular weight excluding hydrogens is 397 g/mol. The van der Waals surface area contributed by atoms with Crippen molar-refractivity contribution in [1.82, 2.24) is 15.1 Å². The Morgan fingerprint density at radius 2 is 1.46 bits per heavy atom. The Kier molecular flexibility index (Phi) is 5.32. The van der Waals surface area contributed by atoms with Crippen molar-refractivity contribution in [2.45, 2.75) is 24.8 Å². The Morgan fingerprint density at radius 1 is 0.893 bits per heavy atom. The molecule has 4 rings (SSSR count). The van der Waals surface area contributed by atoms with E-state index in [0.29, 0.717) is 28.7 Å². The number of hydrogen-bond acceptors (Lipinski definition) is 3. The van der Waals surface area contributed by atoms with Crippen LogP contribution in [-0.4, -0.2) is 41.5 Å². The van der Waals surface area contributed by atoms with Gasteiger partial charge in [-0.2, -0.15) is 0 Å². The van der Waals surface area contributed by atoms with Crippen LogP contribution in [0.15, 0.2) is 48.5 Å². The molecule has 0 aliphatic carbocycles. The van der Waals surface area contributed by atoms with Crippen LogP contribution in [0.4, 0.5) is 4.79 Å². The van der Waals surface area contributed by atoms with Gasteiger partial charge in [0.2, 0.25) is 0 Å². The van der Waals surface area contributed by atoms with Gasteiger partial charge in [-0.3, -0.25) is 9.69 Å². The van der Waals surface area contributed by atoms with Gasteiger partial charge in [-0.1, -0.05) is 47.5 Å². The maximum Gasteiger partial charge on any atom is 0.326 e. The average molecular weight is 418 g/mol. The van der Waals surface area contributed by atoms with Crippen LogP contribution in [-0.2, 0) is 16.8 Å². The van der Waals surface area contributed by atoms with Crippen LogP contribution in [0.5, 0.6) is 0 Å². The van der Waals surface area contributed by atoms with Gasteiger partial charge in [0.05, 0.1) is 6.67 Å². The number of imide groups is 1. The van der Waals surface area contributed by atoms with Gasteiger partial charge in [0.15, 0.2) is 5.54 Å². The third kappa shape index (κ3) is 3.62. The van der Waals surface area contributed by atoms with Crippen LogP contribution in [0.1, 0.15) is 24.0 Å². The van der Waals surface area contributed by atoms with Gasteiger partial charge in [-0.25, -0.2) is 9.69 Å². The van der Waals surface area contributed by atoms with Crippen LogP contribution >= 0.6 is 23.2 Å². The first-order valence-corrected chi connectivity index (χ1v) is 10.1. The number of halogens is 2. The number of amides is 3. The molecule has 5 nitrogen and oxygen atoms in total. The summed E-state index contributed by atoms with van der Waals surface area (Å²) in [5.74, 6) is -0.235. The van der Waals surface area contributed by atoms with Crippen molar-refractivity contribution >= 4 is 35.1 Å². The molecule has 2 aromatic rings. The van der Waals surface area contributed by atoms with E-state index in [1.165, 1.54) is 4.90 Å². The highest BCUT2D eigenvalue weighted by Crippen LogP contribution is 2.34. The van der Waals surface area contributed by atoms with Crippen molar-refractivity contribution in [3.05, 3.63) is 69.7 Å². The molecular formula is C21H21Cl2N3O2. The highest BCUT2D eigenvalue weighted by Gasteiger charge is 2.52. The quantitative estimate of drug-likeness (QED) is 0.746. The second-order valence-corrected chi connectivity index (χ2v) is 8.22. The van der Waals surface area contributed by atoms with E-state index in [0.717, 1.165) is 31.5 Å². The smallest absolute Gasteiger partial charge is 0.319 e. The molecule has 1 unspecified atom stereocenters. The molecule has 7 heteroatoms. The third-order valence-corrected chi connectivity index (χ3v) is 5.94. The fraction of sp³-hybridized carbons (Fsp3) is 0.333. The first kappa shape index (κ1) is 19.2. The summed E-state index contributed by atoms with van der Waals surface area (Å²) in [6.07, 6.45) is 2.53. The van der Waals surface area contributed by atoms with Gasteiger partial charge in [0.25, 0.3) is 5.91 Å². The summed E-state index contributed by atoms with van der Waals surface area (Å²) in [7, 11) is 0. The summed E-state index contributed by atoms with van der Waals surface area (Å²) >= 11 is 12.0. The summed E-state index contributed by atoms with van der Waals surface area (Å²) in [6.45, 7) is 2.13. The first-order valence-electron chi connectivity index (χ1n) is 9.35. The Labute approximate surface area is 174 Å². The second kappa shape index (κ2) is 7.74. The fourth-order valence-corrected chi connectivity index (χ4v) is 4.19. The minimum absolute atomic E-state index is 0.235. The molecule has 1 atom stereocenters. The maximum absolute atomic E-state index is 13.5.